The lowest BCUT2D eigenvalue weighted by atomic mass is 10.4. The van der Waals surface area contributed by atoms with Gasteiger partial charge >= 0.3 is 0 Å². The van der Waals surface area contributed by atoms with Crippen molar-refractivity contribution in [3.63, 3.8) is 0 Å². The molecule has 0 saturated carbocycles. The summed E-state index contributed by atoms with van der Waals surface area (Å²) in [5, 5.41) is 20.1. The lowest BCUT2D eigenvalue weighted by molar-refractivity contribution is -1.46. The van der Waals surface area contributed by atoms with E-state index in [1.807, 2.05) is 0 Å². The molecular formula is C4H12N2O2. The van der Waals surface area contributed by atoms with E-state index >= 15 is 0 Å². The number of rotatable bonds is 2. The molecule has 4 heteroatoms. The summed E-state index contributed by atoms with van der Waals surface area (Å²) in [5.74, 6) is 0. The fourth-order valence-electron chi connectivity index (χ4n) is 0.407. The minimum Gasteiger partial charge on any atom is -0.584 e. The van der Waals surface area contributed by atoms with Crippen LogP contribution in [0.2, 0.25) is 0 Å². The highest BCUT2D eigenvalue weighted by molar-refractivity contribution is 4.25. The number of hydrogen-bond donors (Lipinski definition) is 2. The van der Waals surface area contributed by atoms with Crippen LogP contribution in [0, 0.1) is 10.4 Å². The van der Waals surface area contributed by atoms with E-state index in [-0.39, 0.29) is 16.4 Å². The van der Waals surface area contributed by atoms with Gasteiger partial charge in [0.1, 0.15) is 13.1 Å². The van der Waals surface area contributed by atoms with Crippen LogP contribution in [0.25, 0.3) is 0 Å². The molecule has 0 aromatic rings. The van der Waals surface area contributed by atoms with Gasteiger partial charge in [-0.05, 0) is 13.8 Å². The van der Waals surface area contributed by atoms with Crippen molar-refractivity contribution in [2.24, 2.45) is 0 Å². The summed E-state index contributed by atoms with van der Waals surface area (Å²) in [5.41, 5.74) is 0. The van der Waals surface area contributed by atoms with Crippen LogP contribution in [0.1, 0.15) is 13.8 Å². The summed E-state index contributed by atoms with van der Waals surface area (Å²) in [6.45, 7) is 3.42. The third kappa shape index (κ3) is 2.23. The zero-order valence-electron chi connectivity index (χ0n) is 5.39. The molecule has 0 saturated heterocycles. The molecule has 0 aliphatic heterocycles. The van der Waals surface area contributed by atoms with Gasteiger partial charge in [-0.1, -0.05) is 0 Å². The summed E-state index contributed by atoms with van der Waals surface area (Å²) in [4.78, 5) is 0. The summed E-state index contributed by atoms with van der Waals surface area (Å²) in [6, 6.07) is -0.146. The van der Waals surface area contributed by atoms with Crippen molar-refractivity contribution in [3.8, 4) is 0 Å². The Morgan fingerprint density at radius 1 is 1.25 bits per heavy atom. The Morgan fingerprint density at radius 3 is 1.62 bits per heavy atom. The zero-order valence-corrected chi connectivity index (χ0v) is 5.39. The molecule has 0 aromatic carbocycles. The van der Waals surface area contributed by atoms with E-state index in [1.54, 1.807) is 13.8 Å². The lowest BCUT2D eigenvalue weighted by Crippen LogP contribution is -3.56. The third-order valence-electron chi connectivity index (χ3n) is 0.871. The smallest absolute Gasteiger partial charge is 0.125 e. The van der Waals surface area contributed by atoms with E-state index in [2.05, 4.69) is 0 Å². The standard InChI is InChI=1S/C4H12N2O2/c1-4(2)6(8)5(3)7/h4-6H,1-3H3. The molecular weight excluding hydrogens is 108 g/mol. The second-order valence-electron chi connectivity index (χ2n) is 2.08. The molecule has 0 heterocycles. The van der Waals surface area contributed by atoms with Crippen molar-refractivity contribution in [1.29, 1.82) is 0 Å². The first kappa shape index (κ1) is 7.84. The van der Waals surface area contributed by atoms with E-state index < -0.39 is 0 Å². The first-order chi connectivity index (χ1) is 3.55. The highest BCUT2D eigenvalue weighted by atomic mass is 16.7. The fraction of sp³-hybridized carbons (Fsp3) is 1.00. The van der Waals surface area contributed by atoms with Gasteiger partial charge in [0.2, 0.25) is 0 Å². The molecule has 2 N–H and O–H groups in total. The summed E-state index contributed by atoms with van der Waals surface area (Å²) >= 11 is 0. The summed E-state index contributed by atoms with van der Waals surface area (Å²) in [7, 11) is 1.29. The summed E-state index contributed by atoms with van der Waals surface area (Å²) < 4.78 is 0. The van der Waals surface area contributed by atoms with Gasteiger partial charge in [-0.2, -0.15) is 0 Å². The number of nitrogens with one attached hydrogen (secondary N) is 2. The molecule has 0 bridgehead atoms. The average molecular weight is 120 g/mol. The quantitative estimate of drug-likeness (QED) is 0.403. The van der Waals surface area contributed by atoms with E-state index in [4.69, 9.17) is 0 Å². The molecule has 4 nitrogen and oxygen atoms in total. The topological polar surface area (TPSA) is 55.0 Å². The Balaban J connectivity index is 3.46. The SMILES string of the molecule is CC(C)[NH+]([O-])[NH+](C)[O-]. The van der Waals surface area contributed by atoms with Crippen LogP contribution in [-0.2, 0) is 0 Å². The van der Waals surface area contributed by atoms with Gasteiger partial charge in [-0.15, -0.1) is 0 Å². The molecule has 0 aromatic heterocycles. The van der Waals surface area contributed by atoms with Crippen LogP contribution >= 0.6 is 0 Å². The van der Waals surface area contributed by atoms with Gasteiger partial charge in [0, 0.05) is 0 Å². The number of hydroxylamine groups is 2. The average Bonchev–Trinajstić information content (AvgIpc) is 1.64. The first-order valence-corrected chi connectivity index (χ1v) is 2.60. The molecule has 2 atom stereocenters. The Bertz CT molecular complexity index is 57.1. The monoisotopic (exact) mass is 120 g/mol. The normalized spacial score (nSPS) is 18.8. The minimum atomic E-state index is -0.347. The van der Waals surface area contributed by atoms with Gasteiger partial charge in [-0.3, -0.25) is 0 Å². The maximum absolute atomic E-state index is 10.5. The molecule has 0 amide bonds. The van der Waals surface area contributed by atoms with Crippen molar-refractivity contribution in [1.82, 2.24) is 0 Å². The van der Waals surface area contributed by atoms with Crippen LogP contribution in [0.4, 0.5) is 0 Å². The Hall–Kier alpha value is -0.160. The van der Waals surface area contributed by atoms with Gasteiger partial charge in [-0.25, -0.2) is 10.3 Å². The molecule has 8 heavy (non-hydrogen) atoms. The van der Waals surface area contributed by atoms with Crippen molar-refractivity contribution in [2.45, 2.75) is 19.9 Å². The van der Waals surface area contributed by atoms with E-state index in [0.717, 1.165) is 0 Å². The van der Waals surface area contributed by atoms with Gasteiger partial charge in [0.05, 0.1) is 0 Å². The Labute approximate surface area is 48.8 Å². The van der Waals surface area contributed by atoms with Crippen LogP contribution < -0.4 is 10.3 Å². The highest BCUT2D eigenvalue weighted by Crippen LogP contribution is 1.59. The molecule has 2 unspecified atom stereocenters. The van der Waals surface area contributed by atoms with Crippen molar-refractivity contribution in [3.05, 3.63) is 10.4 Å². The molecule has 0 rings (SSSR count). The molecule has 0 aliphatic rings. The highest BCUT2D eigenvalue weighted by Gasteiger charge is 2.02. The number of hydrogen-bond acceptors (Lipinski definition) is 2. The zero-order chi connectivity index (χ0) is 6.73. The van der Waals surface area contributed by atoms with Crippen molar-refractivity contribution in [2.75, 3.05) is 7.05 Å². The Kier molecular flexibility index (Phi) is 2.93. The van der Waals surface area contributed by atoms with Gasteiger partial charge in [0.15, 0.2) is 0 Å². The fourth-order valence-corrected chi connectivity index (χ4v) is 0.407. The van der Waals surface area contributed by atoms with Gasteiger partial charge in [0.25, 0.3) is 0 Å². The molecule has 0 fully saturated rings. The molecule has 0 aliphatic carbocycles. The predicted molar refractivity (Wildman–Crippen MR) is 29.7 cm³/mol. The van der Waals surface area contributed by atoms with E-state index in [0.29, 0.717) is 0 Å². The van der Waals surface area contributed by atoms with Crippen LogP contribution in [0.5, 0.6) is 0 Å². The van der Waals surface area contributed by atoms with Crippen molar-refractivity contribution < 1.29 is 10.3 Å². The molecule has 50 valence electrons. The van der Waals surface area contributed by atoms with Crippen LogP contribution in [0.3, 0.4) is 0 Å². The summed E-state index contributed by atoms with van der Waals surface area (Å²) in [6.07, 6.45) is 0. The largest absolute Gasteiger partial charge is 0.584 e. The number of quaternary nitrogens is 2. The second kappa shape index (κ2) is 2.99. The second-order valence-corrected chi connectivity index (χ2v) is 2.08. The van der Waals surface area contributed by atoms with Crippen LogP contribution in [0.15, 0.2) is 0 Å². The minimum absolute atomic E-state index is 0.146. The van der Waals surface area contributed by atoms with E-state index in [9.17, 15) is 10.4 Å². The first-order valence-electron chi connectivity index (χ1n) is 2.60. The lowest BCUT2D eigenvalue weighted by Gasteiger charge is -2.32. The molecule has 0 spiro atoms. The maximum Gasteiger partial charge on any atom is 0.125 e. The van der Waals surface area contributed by atoms with Crippen molar-refractivity contribution >= 4 is 0 Å². The Morgan fingerprint density at radius 2 is 1.62 bits per heavy atom. The van der Waals surface area contributed by atoms with Gasteiger partial charge < -0.3 is 10.4 Å². The molecule has 0 radical (unpaired) electrons. The third-order valence-corrected chi connectivity index (χ3v) is 0.871. The maximum atomic E-state index is 10.5. The van der Waals surface area contributed by atoms with E-state index in [1.165, 1.54) is 7.05 Å². The predicted octanol–water partition coefficient (Wildman–Crippen LogP) is -2.29. The van der Waals surface area contributed by atoms with Crippen LogP contribution in [-0.4, -0.2) is 13.1 Å².